The monoisotopic (exact) mass is 476 g/mol. The fourth-order valence-corrected chi connectivity index (χ4v) is 4.24. The molecule has 0 saturated carbocycles. The Bertz CT molecular complexity index is 1110. The van der Waals surface area contributed by atoms with Crippen molar-refractivity contribution in [2.24, 2.45) is 0 Å². The van der Waals surface area contributed by atoms with Gasteiger partial charge in [0.15, 0.2) is 5.13 Å². The van der Waals surface area contributed by atoms with Crippen molar-refractivity contribution in [2.45, 2.75) is 19.8 Å². The number of halogens is 1. The van der Waals surface area contributed by atoms with Crippen molar-refractivity contribution in [3.63, 3.8) is 0 Å². The number of hydrogen-bond donors (Lipinski definition) is 1. The van der Waals surface area contributed by atoms with Crippen LogP contribution >= 0.6 is 11.3 Å². The highest BCUT2D eigenvalue weighted by Gasteiger charge is 2.05. The minimum atomic E-state index is -3.63. The number of unbranched alkanes of at least 4 members (excludes halogenated alkanes) is 1. The van der Waals surface area contributed by atoms with Crippen LogP contribution in [0.5, 0.6) is 5.75 Å². The molecule has 170 valence electrons. The first-order valence-corrected chi connectivity index (χ1v) is 12.6. The molecule has 0 spiro atoms. The summed E-state index contributed by atoms with van der Waals surface area (Å²) in [7, 11) is -3.63. The van der Waals surface area contributed by atoms with Crippen LogP contribution in [0.4, 0.5) is 9.52 Å². The number of anilines is 1. The Morgan fingerprint density at radius 2 is 1.84 bits per heavy atom. The second kappa shape index (κ2) is 11.8. The van der Waals surface area contributed by atoms with Gasteiger partial charge in [-0.15, -0.1) is 11.3 Å². The first-order chi connectivity index (χ1) is 15.4. The van der Waals surface area contributed by atoms with Gasteiger partial charge in [-0.2, -0.15) is 8.42 Å². The van der Waals surface area contributed by atoms with Crippen LogP contribution in [-0.4, -0.2) is 33.2 Å². The number of hydrogen-bond acceptors (Lipinski definition) is 7. The molecule has 0 amide bonds. The number of ether oxygens (including phenoxy) is 1. The maximum atomic E-state index is 13.0. The molecule has 9 heteroatoms. The highest BCUT2D eigenvalue weighted by Crippen LogP contribution is 2.25. The molecule has 0 aliphatic heterocycles. The van der Waals surface area contributed by atoms with E-state index in [2.05, 4.69) is 14.5 Å². The smallest absolute Gasteiger partial charge is 0.290 e. The van der Waals surface area contributed by atoms with Gasteiger partial charge in [0.05, 0.1) is 24.3 Å². The average molecular weight is 477 g/mol. The van der Waals surface area contributed by atoms with E-state index < -0.39 is 10.1 Å². The molecule has 0 unspecified atom stereocenters. The summed E-state index contributed by atoms with van der Waals surface area (Å²) in [5.74, 6) is 0.469. The van der Waals surface area contributed by atoms with Crippen molar-refractivity contribution >= 4 is 32.7 Å². The molecule has 0 atom stereocenters. The van der Waals surface area contributed by atoms with Gasteiger partial charge in [-0.05, 0) is 67.8 Å². The van der Waals surface area contributed by atoms with E-state index in [1.807, 2.05) is 5.38 Å². The van der Waals surface area contributed by atoms with Crippen LogP contribution in [-0.2, 0) is 14.3 Å². The fraction of sp³-hybridized carbons (Fsp3) is 0.261. The minimum absolute atomic E-state index is 0.107. The molecule has 0 aliphatic rings. The van der Waals surface area contributed by atoms with Crippen molar-refractivity contribution in [3.8, 4) is 17.0 Å². The number of benzene rings is 2. The summed E-state index contributed by atoms with van der Waals surface area (Å²) in [6.45, 7) is 3.08. The predicted molar refractivity (Wildman–Crippen MR) is 127 cm³/mol. The number of thiazole rings is 1. The topological polar surface area (TPSA) is 77.5 Å². The second-order valence-electron chi connectivity index (χ2n) is 6.80. The molecule has 0 aliphatic carbocycles. The lowest BCUT2D eigenvalue weighted by molar-refractivity contribution is 0.308. The zero-order valence-electron chi connectivity index (χ0n) is 17.7. The molecule has 0 bridgehead atoms. The second-order valence-corrected chi connectivity index (χ2v) is 9.15. The molecule has 1 heterocycles. The molecule has 0 fully saturated rings. The average Bonchev–Trinajstić information content (AvgIpc) is 3.25. The summed E-state index contributed by atoms with van der Waals surface area (Å²) in [4.78, 5) is 4.53. The Morgan fingerprint density at radius 3 is 2.56 bits per heavy atom. The van der Waals surface area contributed by atoms with Gasteiger partial charge in [-0.1, -0.05) is 12.1 Å². The van der Waals surface area contributed by atoms with Crippen molar-refractivity contribution in [1.82, 2.24) is 4.98 Å². The van der Waals surface area contributed by atoms with Gasteiger partial charge >= 0.3 is 0 Å². The minimum Gasteiger partial charge on any atom is -0.494 e. The molecular weight excluding hydrogens is 451 g/mol. The van der Waals surface area contributed by atoms with Crippen LogP contribution in [0.1, 0.15) is 25.3 Å². The molecule has 3 rings (SSSR count). The third-order valence-corrected chi connectivity index (χ3v) is 6.18. The molecule has 1 N–H and O–H groups in total. The van der Waals surface area contributed by atoms with Crippen molar-refractivity contribution in [3.05, 3.63) is 70.7 Å². The van der Waals surface area contributed by atoms with Crippen LogP contribution in [0.25, 0.3) is 17.3 Å². The van der Waals surface area contributed by atoms with E-state index in [4.69, 9.17) is 4.74 Å². The van der Waals surface area contributed by atoms with Crippen LogP contribution < -0.4 is 10.1 Å². The van der Waals surface area contributed by atoms with Gasteiger partial charge in [-0.3, -0.25) is 4.18 Å². The Morgan fingerprint density at radius 1 is 1.09 bits per heavy atom. The van der Waals surface area contributed by atoms with Gasteiger partial charge in [0.25, 0.3) is 10.1 Å². The maximum absolute atomic E-state index is 13.0. The molecule has 1 aromatic heterocycles. The van der Waals surface area contributed by atoms with Crippen LogP contribution in [0, 0.1) is 5.82 Å². The summed E-state index contributed by atoms with van der Waals surface area (Å²) >= 11 is 1.52. The predicted octanol–water partition coefficient (Wildman–Crippen LogP) is 5.56. The summed E-state index contributed by atoms with van der Waals surface area (Å²) in [6, 6.07) is 13.5. The lowest BCUT2D eigenvalue weighted by Crippen LogP contribution is -2.04. The van der Waals surface area contributed by atoms with Crippen LogP contribution in [0.3, 0.4) is 0 Å². The first kappa shape index (κ1) is 23.9. The third kappa shape index (κ3) is 7.74. The van der Waals surface area contributed by atoms with Crippen molar-refractivity contribution in [2.75, 3.05) is 25.1 Å². The fourth-order valence-electron chi connectivity index (χ4n) is 2.76. The summed E-state index contributed by atoms with van der Waals surface area (Å²) in [6.07, 6.45) is 3.28. The van der Waals surface area contributed by atoms with Crippen molar-refractivity contribution in [1.29, 1.82) is 0 Å². The zero-order valence-corrected chi connectivity index (χ0v) is 19.3. The highest BCUT2D eigenvalue weighted by atomic mass is 32.2. The molecule has 0 saturated heterocycles. The highest BCUT2D eigenvalue weighted by molar-refractivity contribution is 7.89. The SMILES string of the molecule is CCOS(=O)(=O)/C=C/c1ccc(OCCCCNc2nc(-c3ccc(F)cc3)cs2)cc1. The third-order valence-electron chi connectivity index (χ3n) is 4.35. The van der Waals surface area contributed by atoms with Crippen LogP contribution in [0.15, 0.2) is 59.3 Å². The normalized spacial score (nSPS) is 11.7. The standard InChI is InChI=1S/C23H25FN2O4S2/c1-2-30-32(27,28)16-13-18-5-11-21(12-6-18)29-15-4-3-14-25-23-26-22(17-31-23)19-7-9-20(24)10-8-19/h5-13,16-17H,2-4,14-15H2,1H3,(H,25,26)/b16-13+. The molecule has 2 aromatic carbocycles. The Kier molecular flexibility index (Phi) is 8.78. The summed E-state index contributed by atoms with van der Waals surface area (Å²) in [5, 5.41) is 7.13. The van der Waals surface area contributed by atoms with E-state index in [0.717, 1.165) is 52.5 Å². The van der Waals surface area contributed by atoms with E-state index in [1.54, 1.807) is 43.3 Å². The van der Waals surface area contributed by atoms with Gasteiger partial charge < -0.3 is 10.1 Å². The van der Waals surface area contributed by atoms with E-state index in [-0.39, 0.29) is 12.4 Å². The molecular formula is C23H25FN2O4S2. The lowest BCUT2D eigenvalue weighted by Gasteiger charge is -2.07. The quantitative estimate of drug-likeness (QED) is 0.273. The number of aromatic nitrogens is 1. The molecule has 6 nitrogen and oxygen atoms in total. The Balaban J connectivity index is 1.34. The lowest BCUT2D eigenvalue weighted by atomic mass is 10.2. The van der Waals surface area contributed by atoms with Gasteiger partial charge in [0.2, 0.25) is 0 Å². The van der Waals surface area contributed by atoms with Gasteiger partial charge in [0.1, 0.15) is 11.6 Å². The number of rotatable bonds is 12. The Labute approximate surface area is 191 Å². The van der Waals surface area contributed by atoms with Crippen LogP contribution in [0.2, 0.25) is 0 Å². The zero-order chi connectivity index (χ0) is 22.8. The first-order valence-electron chi connectivity index (χ1n) is 10.2. The van der Waals surface area contributed by atoms with E-state index in [9.17, 15) is 12.8 Å². The molecule has 32 heavy (non-hydrogen) atoms. The maximum Gasteiger partial charge on any atom is 0.290 e. The van der Waals surface area contributed by atoms with Gasteiger partial charge in [0, 0.05) is 17.5 Å². The number of nitrogens with zero attached hydrogens (tertiary/aromatic N) is 1. The van der Waals surface area contributed by atoms with Crippen molar-refractivity contribution < 1.29 is 21.7 Å². The van der Waals surface area contributed by atoms with E-state index in [1.165, 1.54) is 29.5 Å². The molecule has 0 radical (unpaired) electrons. The van der Waals surface area contributed by atoms with E-state index >= 15 is 0 Å². The Hall–Kier alpha value is -2.75. The molecule has 3 aromatic rings. The summed E-state index contributed by atoms with van der Waals surface area (Å²) in [5.41, 5.74) is 2.46. The largest absolute Gasteiger partial charge is 0.494 e. The van der Waals surface area contributed by atoms with E-state index in [0.29, 0.717) is 6.61 Å². The summed E-state index contributed by atoms with van der Waals surface area (Å²) < 4.78 is 46.4. The van der Waals surface area contributed by atoms with Gasteiger partial charge in [-0.25, -0.2) is 9.37 Å². The number of nitrogens with one attached hydrogen (secondary N) is 1.